The standard InChI is InChI=1S/C7H8O3S/c8-6(9)5-3-1-2-4-7(5,10)11/h1-5,10-11H,(H,8,9). The van der Waals surface area contributed by atoms with Gasteiger partial charge in [0, 0.05) is 0 Å². The molecule has 4 heteroatoms. The van der Waals surface area contributed by atoms with Crippen LogP contribution < -0.4 is 0 Å². The highest BCUT2D eigenvalue weighted by Crippen LogP contribution is 2.27. The third kappa shape index (κ3) is 1.64. The second-order valence-electron chi connectivity index (χ2n) is 2.34. The average molecular weight is 172 g/mol. The number of aliphatic hydroxyl groups is 1. The summed E-state index contributed by atoms with van der Waals surface area (Å²) in [6, 6.07) is 0. The lowest BCUT2D eigenvalue weighted by molar-refractivity contribution is -0.143. The van der Waals surface area contributed by atoms with Crippen LogP contribution in [0.5, 0.6) is 0 Å². The van der Waals surface area contributed by atoms with Gasteiger partial charge in [0.25, 0.3) is 0 Å². The number of hydrogen-bond donors (Lipinski definition) is 3. The molecular formula is C7H8O3S. The van der Waals surface area contributed by atoms with Crippen molar-refractivity contribution in [2.75, 3.05) is 0 Å². The van der Waals surface area contributed by atoms with Crippen molar-refractivity contribution in [2.45, 2.75) is 4.93 Å². The normalized spacial score (nSPS) is 35.6. The Morgan fingerprint density at radius 1 is 1.55 bits per heavy atom. The number of carbonyl (C=O) groups is 1. The highest BCUT2D eigenvalue weighted by molar-refractivity contribution is 7.81. The zero-order chi connectivity index (χ0) is 8.48. The van der Waals surface area contributed by atoms with Gasteiger partial charge < -0.3 is 10.2 Å². The highest BCUT2D eigenvalue weighted by Gasteiger charge is 2.35. The van der Waals surface area contributed by atoms with Crippen molar-refractivity contribution >= 4 is 18.6 Å². The van der Waals surface area contributed by atoms with Crippen LogP contribution in [0.4, 0.5) is 0 Å². The molecule has 1 aliphatic carbocycles. The van der Waals surface area contributed by atoms with Gasteiger partial charge in [0.15, 0.2) is 0 Å². The van der Waals surface area contributed by atoms with Crippen LogP contribution in [0.25, 0.3) is 0 Å². The first-order chi connectivity index (χ1) is 5.04. The molecule has 0 amide bonds. The molecule has 0 heterocycles. The second kappa shape index (κ2) is 2.71. The van der Waals surface area contributed by atoms with Crippen molar-refractivity contribution < 1.29 is 15.0 Å². The SMILES string of the molecule is O=C(O)C1C=CC=CC1(O)S. The fourth-order valence-electron chi connectivity index (χ4n) is 0.882. The van der Waals surface area contributed by atoms with E-state index in [1.807, 2.05) is 0 Å². The molecular weight excluding hydrogens is 164 g/mol. The Morgan fingerprint density at radius 3 is 2.55 bits per heavy atom. The van der Waals surface area contributed by atoms with Crippen LogP contribution >= 0.6 is 12.6 Å². The first kappa shape index (κ1) is 8.36. The van der Waals surface area contributed by atoms with E-state index in [9.17, 15) is 9.90 Å². The summed E-state index contributed by atoms with van der Waals surface area (Å²) in [5.74, 6) is -2.04. The van der Waals surface area contributed by atoms with E-state index in [-0.39, 0.29) is 0 Å². The van der Waals surface area contributed by atoms with Crippen LogP contribution in [0.3, 0.4) is 0 Å². The smallest absolute Gasteiger partial charge is 0.314 e. The first-order valence-corrected chi connectivity index (χ1v) is 3.52. The summed E-state index contributed by atoms with van der Waals surface area (Å²) >= 11 is 3.79. The quantitative estimate of drug-likeness (QED) is 0.397. The lowest BCUT2D eigenvalue weighted by Crippen LogP contribution is -2.35. The topological polar surface area (TPSA) is 57.5 Å². The Bertz CT molecular complexity index is 230. The van der Waals surface area contributed by atoms with E-state index < -0.39 is 16.8 Å². The van der Waals surface area contributed by atoms with Crippen LogP contribution in [-0.2, 0) is 4.79 Å². The summed E-state index contributed by atoms with van der Waals surface area (Å²) in [7, 11) is 0. The molecule has 0 saturated carbocycles. The predicted octanol–water partition coefficient (Wildman–Crippen LogP) is 0.432. The zero-order valence-corrected chi connectivity index (χ0v) is 6.53. The Kier molecular flexibility index (Phi) is 2.06. The van der Waals surface area contributed by atoms with E-state index in [0.717, 1.165) is 0 Å². The van der Waals surface area contributed by atoms with Gasteiger partial charge in [-0.2, -0.15) is 0 Å². The number of thiol groups is 1. The molecule has 3 nitrogen and oxygen atoms in total. The van der Waals surface area contributed by atoms with Gasteiger partial charge in [-0.05, 0) is 6.08 Å². The fourth-order valence-corrected chi connectivity index (χ4v) is 1.16. The van der Waals surface area contributed by atoms with Crippen LogP contribution in [-0.4, -0.2) is 21.1 Å². The molecule has 0 aromatic carbocycles. The maximum Gasteiger partial charge on any atom is 0.314 e. The predicted molar refractivity (Wildman–Crippen MR) is 43.3 cm³/mol. The third-order valence-electron chi connectivity index (χ3n) is 1.48. The monoisotopic (exact) mass is 172 g/mol. The average Bonchev–Trinajstić information content (AvgIpc) is 1.85. The van der Waals surface area contributed by atoms with E-state index in [1.165, 1.54) is 12.2 Å². The highest BCUT2D eigenvalue weighted by atomic mass is 32.1. The van der Waals surface area contributed by atoms with Gasteiger partial charge in [-0.15, -0.1) is 12.6 Å². The van der Waals surface area contributed by atoms with E-state index in [2.05, 4.69) is 12.6 Å². The van der Waals surface area contributed by atoms with Gasteiger partial charge in [-0.1, -0.05) is 18.2 Å². The van der Waals surface area contributed by atoms with Crippen LogP contribution in [0.1, 0.15) is 0 Å². The number of allylic oxidation sites excluding steroid dienone is 2. The van der Waals surface area contributed by atoms with Crippen LogP contribution in [0.2, 0.25) is 0 Å². The number of hydrogen-bond acceptors (Lipinski definition) is 3. The molecule has 0 radical (unpaired) electrons. The van der Waals surface area contributed by atoms with Crippen molar-refractivity contribution in [1.29, 1.82) is 0 Å². The third-order valence-corrected chi connectivity index (χ3v) is 1.91. The van der Waals surface area contributed by atoms with Crippen LogP contribution in [0.15, 0.2) is 24.3 Å². The summed E-state index contributed by atoms with van der Waals surface area (Å²) in [6.45, 7) is 0. The maximum atomic E-state index is 10.5. The molecule has 0 aromatic heterocycles. The summed E-state index contributed by atoms with van der Waals surface area (Å²) in [5.41, 5.74) is 0. The van der Waals surface area contributed by atoms with E-state index in [0.29, 0.717) is 0 Å². The minimum absolute atomic E-state index is 0.962. The molecule has 0 fully saturated rings. The van der Waals surface area contributed by atoms with Crippen molar-refractivity contribution in [3.63, 3.8) is 0 Å². The Hall–Kier alpha value is -0.740. The molecule has 0 aliphatic heterocycles. The summed E-state index contributed by atoms with van der Waals surface area (Å²) < 4.78 is 0. The Morgan fingerprint density at radius 2 is 2.18 bits per heavy atom. The largest absolute Gasteiger partial charge is 0.481 e. The summed E-state index contributed by atoms with van der Waals surface area (Å²) in [5, 5.41) is 17.9. The van der Waals surface area contributed by atoms with Crippen molar-refractivity contribution in [2.24, 2.45) is 5.92 Å². The van der Waals surface area contributed by atoms with Gasteiger partial charge in [-0.25, -0.2) is 0 Å². The minimum Gasteiger partial charge on any atom is -0.481 e. The molecule has 2 unspecified atom stereocenters. The molecule has 0 bridgehead atoms. The molecule has 2 N–H and O–H groups in total. The number of carboxylic acid groups (broad SMARTS) is 1. The van der Waals surface area contributed by atoms with Gasteiger partial charge in [0.2, 0.25) is 0 Å². The number of carboxylic acids is 1. The molecule has 60 valence electrons. The first-order valence-electron chi connectivity index (χ1n) is 3.07. The lowest BCUT2D eigenvalue weighted by Gasteiger charge is -2.24. The zero-order valence-electron chi connectivity index (χ0n) is 5.64. The molecule has 11 heavy (non-hydrogen) atoms. The Balaban J connectivity index is 2.89. The molecule has 0 spiro atoms. The van der Waals surface area contributed by atoms with Crippen molar-refractivity contribution in [3.8, 4) is 0 Å². The molecule has 1 aliphatic rings. The lowest BCUT2D eigenvalue weighted by atomic mass is 9.97. The fraction of sp³-hybridized carbons (Fsp3) is 0.286. The van der Waals surface area contributed by atoms with Crippen molar-refractivity contribution in [3.05, 3.63) is 24.3 Å². The van der Waals surface area contributed by atoms with E-state index >= 15 is 0 Å². The molecule has 0 saturated heterocycles. The number of aliphatic carboxylic acids is 1. The molecule has 0 aromatic rings. The molecule has 1 rings (SSSR count). The van der Waals surface area contributed by atoms with E-state index in [1.54, 1.807) is 12.2 Å². The minimum atomic E-state index is -1.55. The van der Waals surface area contributed by atoms with Gasteiger partial charge in [0.1, 0.15) is 10.9 Å². The van der Waals surface area contributed by atoms with Crippen LogP contribution in [0, 0.1) is 5.92 Å². The van der Waals surface area contributed by atoms with Gasteiger partial charge >= 0.3 is 5.97 Å². The summed E-state index contributed by atoms with van der Waals surface area (Å²) in [4.78, 5) is 8.92. The molecule has 2 atom stereocenters. The van der Waals surface area contributed by atoms with Gasteiger partial charge in [0.05, 0.1) is 0 Å². The maximum absolute atomic E-state index is 10.5. The van der Waals surface area contributed by atoms with E-state index in [4.69, 9.17) is 5.11 Å². The van der Waals surface area contributed by atoms with Crippen molar-refractivity contribution in [1.82, 2.24) is 0 Å². The summed E-state index contributed by atoms with van der Waals surface area (Å²) in [6.07, 6.45) is 5.88. The van der Waals surface area contributed by atoms with Gasteiger partial charge in [-0.3, -0.25) is 4.79 Å². The Labute approximate surface area is 69.4 Å². The number of rotatable bonds is 1. The second-order valence-corrected chi connectivity index (χ2v) is 3.06.